The molecule has 1 saturated heterocycles. The summed E-state index contributed by atoms with van der Waals surface area (Å²) >= 11 is 0. The van der Waals surface area contributed by atoms with Gasteiger partial charge in [0.15, 0.2) is 11.5 Å². The summed E-state index contributed by atoms with van der Waals surface area (Å²) in [4.78, 5) is 2.22. The molecule has 0 bridgehead atoms. The van der Waals surface area contributed by atoms with Crippen LogP contribution < -0.4 is 4.90 Å². The van der Waals surface area contributed by atoms with Gasteiger partial charge in [0.05, 0.1) is 6.10 Å². The molecule has 1 aliphatic heterocycles. The molecular weight excluding hydrogens is 232 g/mol. The number of nitrogens with zero attached hydrogens (tertiary/aromatic N) is 6. The zero-order chi connectivity index (χ0) is 12.5. The molecule has 2 aromatic heterocycles. The fourth-order valence-corrected chi connectivity index (χ4v) is 2.36. The molecule has 2 unspecified atom stereocenters. The molecule has 3 rings (SSSR count). The van der Waals surface area contributed by atoms with Gasteiger partial charge < -0.3 is 9.64 Å². The molecule has 7 heteroatoms. The number of rotatable bonds is 2. The van der Waals surface area contributed by atoms with E-state index in [1.165, 1.54) is 4.63 Å². The molecule has 96 valence electrons. The topological polar surface area (TPSA) is 68.4 Å². The van der Waals surface area contributed by atoms with Crippen LogP contribution in [0.1, 0.15) is 13.3 Å². The third-order valence-corrected chi connectivity index (χ3v) is 3.57. The average molecular weight is 248 g/mol. The fourth-order valence-electron chi connectivity index (χ4n) is 2.36. The smallest absolute Gasteiger partial charge is 0.200 e. The number of ether oxygens (including phenoxy) is 1. The molecule has 0 N–H and O–H groups in total. The Hall–Kier alpha value is -1.76. The van der Waals surface area contributed by atoms with Crippen molar-refractivity contribution in [2.75, 3.05) is 25.1 Å². The van der Waals surface area contributed by atoms with Gasteiger partial charge in [-0.15, -0.1) is 14.8 Å². The van der Waals surface area contributed by atoms with Crippen LogP contribution in [-0.2, 0) is 4.74 Å². The van der Waals surface area contributed by atoms with Crippen molar-refractivity contribution >= 4 is 11.5 Å². The molecule has 7 nitrogen and oxygen atoms in total. The molecule has 0 aliphatic carbocycles. The summed E-state index contributed by atoms with van der Waals surface area (Å²) in [5.74, 6) is 1.48. The maximum absolute atomic E-state index is 5.51. The standard InChI is InChI=1S/C11H16N6O/c1-8-5-6-16(7-9(8)18-2)11-4-3-10-12-14-15-17(10)13-11/h3-4,8-9H,5-7H2,1-2H3. The molecule has 0 amide bonds. The van der Waals surface area contributed by atoms with Gasteiger partial charge in [-0.05, 0) is 34.9 Å². The third-order valence-electron chi connectivity index (χ3n) is 3.57. The molecule has 0 saturated carbocycles. The zero-order valence-electron chi connectivity index (χ0n) is 10.5. The first-order chi connectivity index (χ1) is 8.78. The molecule has 2 atom stereocenters. The second kappa shape index (κ2) is 4.49. The molecule has 1 fully saturated rings. The van der Waals surface area contributed by atoms with Gasteiger partial charge in [-0.3, -0.25) is 0 Å². The van der Waals surface area contributed by atoms with Crippen molar-refractivity contribution in [2.24, 2.45) is 5.92 Å². The third kappa shape index (κ3) is 1.90. The quantitative estimate of drug-likeness (QED) is 0.765. The second-order valence-corrected chi connectivity index (χ2v) is 4.70. The van der Waals surface area contributed by atoms with Crippen LogP contribution in [-0.4, -0.2) is 51.6 Å². The number of piperidine rings is 1. The van der Waals surface area contributed by atoms with E-state index < -0.39 is 0 Å². The minimum absolute atomic E-state index is 0.255. The molecule has 1 aliphatic rings. The highest BCUT2D eigenvalue weighted by molar-refractivity contribution is 5.44. The lowest BCUT2D eigenvalue weighted by Gasteiger charge is -2.36. The zero-order valence-corrected chi connectivity index (χ0v) is 10.5. The van der Waals surface area contributed by atoms with Crippen LogP contribution in [0.2, 0.25) is 0 Å². The van der Waals surface area contributed by atoms with Crippen LogP contribution >= 0.6 is 0 Å². The summed E-state index contributed by atoms with van der Waals surface area (Å²) in [6, 6.07) is 3.83. The lowest BCUT2D eigenvalue weighted by Crippen LogP contribution is -2.44. The first-order valence-electron chi connectivity index (χ1n) is 6.11. The van der Waals surface area contributed by atoms with Gasteiger partial charge in [-0.25, -0.2) is 0 Å². The summed E-state index contributed by atoms with van der Waals surface area (Å²) in [6.45, 7) is 4.07. The van der Waals surface area contributed by atoms with E-state index in [1.54, 1.807) is 7.11 Å². The van der Waals surface area contributed by atoms with Crippen molar-refractivity contribution in [1.29, 1.82) is 0 Å². The van der Waals surface area contributed by atoms with Gasteiger partial charge in [-0.2, -0.15) is 0 Å². The Kier molecular flexibility index (Phi) is 2.83. The number of aromatic nitrogens is 5. The molecule has 18 heavy (non-hydrogen) atoms. The highest BCUT2D eigenvalue weighted by Gasteiger charge is 2.26. The van der Waals surface area contributed by atoms with Gasteiger partial charge in [0.1, 0.15) is 0 Å². The summed E-state index contributed by atoms with van der Waals surface area (Å²) in [5, 5.41) is 15.7. The monoisotopic (exact) mass is 248 g/mol. The number of hydrogen-bond donors (Lipinski definition) is 0. The maximum atomic E-state index is 5.51. The van der Waals surface area contributed by atoms with E-state index in [0.29, 0.717) is 11.6 Å². The van der Waals surface area contributed by atoms with E-state index in [2.05, 4.69) is 32.4 Å². The number of anilines is 1. The lowest BCUT2D eigenvalue weighted by atomic mass is 9.96. The van der Waals surface area contributed by atoms with Crippen LogP contribution in [0.25, 0.3) is 5.65 Å². The van der Waals surface area contributed by atoms with Crippen LogP contribution in [0.5, 0.6) is 0 Å². The number of methoxy groups -OCH3 is 1. The van der Waals surface area contributed by atoms with Gasteiger partial charge in [0.2, 0.25) is 0 Å². The van der Waals surface area contributed by atoms with Crippen molar-refractivity contribution in [3.05, 3.63) is 12.1 Å². The van der Waals surface area contributed by atoms with Gasteiger partial charge >= 0.3 is 0 Å². The molecular formula is C11H16N6O. The fraction of sp³-hybridized carbons (Fsp3) is 0.636. The average Bonchev–Trinajstić information content (AvgIpc) is 2.86. The Balaban J connectivity index is 1.85. The summed E-state index contributed by atoms with van der Waals surface area (Å²) < 4.78 is 6.96. The minimum Gasteiger partial charge on any atom is -0.379 e. The second-order valence-electron chi connectivity index (χ2n) is 4.70. The molecule has 0 radical (unpaired) electrons. The van der Waals surface area contributed by atoms with Gasteiger partial charge in [0, 0.05) is 20.2 Å². The summed E-state index contributed by atoms with van der Waals surface area (Å²) in [7, 11) is 1.77. The van der Waals surface area contributed by atoms with Crippen molar-refractivity contribution in [2.45, 2.75) is 19.4 Å². The van der Waals surface area contributed by atoms with Crippen LogP contribution in [0, 0.1) is 5.92 Å². The summed E-state index contributed by atoms with van der Waals surface area (Å²) in [6.07, 6.45) is 1.36. The summed E-state index contributed by atoms with van der Waals surface area (Å²) in [5.41, 5.74) is 0.660. The van der Waals surface area contributed by atoms with E-state index >= 15 is 0 Å². The number of tetrazole rings is 1. The van der Waals surface area contributed by atoms with E-state index in [-0.39, 0.29) is 6.10 Å². The van der Waals surface area contributed by atoms with Crippen LogP contribution in [0.4, 0.5) is 5.82 Å². The van der Waals surface area contributed by atoms with Crippen molar-refractivity contribution in [1.82, 2.24) is 25.3 Å². The predicted molar refractivity (Wildman–Crippen MR) is 65.4 cm³/mol. The highest BCUT2D eigenvalue weighted by Crippen LogP contribution is 2.23. The Morgan fingerprint density at radius 3 is 3.11 bits per heavy atom. The first-order valence-corrected chi connectivity index (χ1v) is 6.11. The highest BCUT2D eigenvalue weighted by atomic mass is 16.5. The van der Waals surface area contributed by atoms with Crippen LogP contribution in [0.3, 0.4) is 0 Å². The van der Waals surface area contributed by atoms with Crippen LogP contribution in [0.15, 0.2) is 12.1 Å². The molecule has 0 aromatic carbocycles. The minimum atomic E-state index is 0.255. The molecule has 0 spiro atoms. The lowest BCUT2D eigenvalue weighted by molar-refractivity contribution is 0.0496. The molecule has 3 heterocycles. The predicted octanol–water partition coefficient (Wildman–Crippen LogP) is 0.380. The maximum Gasteiger partial charge on any atom is 0.200 e. The van der Waals surface area contributed by atoms with Crippen molar-refractivity contribution < 1.29 is 4.74 Å². The normalized spacial score (nSPS) is 24.7. The van der Waals surface area contributed by atoms with Gasteiger partial charge in [0.25, 0.3) is 0 Å². The Bertz CT molecular complexity index is 541. The molecule has 2 aromatic rings. The van der Waals surface area contributed by atoms with E-state index in [1.807, 2.05) is 12.1 Å². The Labute approximate surface area is 105 Å². The van der Waals surface area contributed by atoms with Crippen molar-refractivity contribution in [3.63, 3.8) is 0 Å². The number of fused-ring (bicyclic) bond motifs is 1. The van der Waals surface area contributed by atoms with Crippen molar-refractivity contribution in [3.8, 4) is 0 Å². The van der Waals surface area contributed by atoms with E-state index in [0.717, 1.165) is 25.3 Å². The van der Waals surface area contributed by atoms with E-state index in [4.69, 9.17) is 4.74 Å². The number of hydrogen-bond acceptors (Lipinski definition) is 6. The Morgan fingerprint density at radius 2 is 2.28 bits per heavy atom. The largest absolute Gasteiger partial charge is 0.379 e. The Morgan fingerprint density at radius 1 is 1.39 bits per heavy atom. The SMILES string of the molecule is COC1CN(c2ccc3nnnn3n2)CCC1C. The van der Waals surface area contributed by atoms with E-state index in [9.17, 15) is 0 Å². The first kappa shape index (κ1) is 11.3. The van der Waals surface area contributed by atoms with Gasteiger partial charge in [-0.1, -0.05) is 6.92 Å².